The van der Waals surface area contributed by atoms with Crippen LogP contribution >= 0.6 is 0 Å². The monoisotopic (exact) mass is 197 g/mol. The Balaban J connectivity index is 2.43. The van der Waals surface area contributed by atoms with Crippen LogP contribution in [0.1, 0.15) is 53.4 Å². The summed E-state index contributed by atoms with van der Waals surface area (Å²) in [4.78, 5) is 14.0. The summed E-state index contributed by atoms with van der Waals surface area (Å²) in [6, 6.07) is 1.01. The Bertz CT molecular complexity index is 202. The maximum Gasteiger partial charge on any atom is 0.223 e. The van der Waals surface area contributed by atoms with Crippen molar-refractivity contribution in [3.8, 4) is 0 Å². The van der Waals surface area contributed by atoms with E-state index in [1.165, 1.54) is 6.42 Å². The summed E-state index contributed by atoms with van der Waals surface area (Å²) in [6.07, 6.45) is 4.14. The highest BCUT2D eigenvalue weighted by Gasteiger charge is 2.37. The molecule has 0 aliphatic carbocycles. The highest BCUT2D eigenvalue weighted by atomic mass is 16.2. The molecule has 82 valence electrons. The minimum atomic E-state index is 0.366. The van der Waals surface area contributed by atoms with Crippen LogP contribution in [0.25, 0.3) is 0 Å². The third kappa shape index (κ3) is 2.28. The maximum atomic E-state index is 11.9. The Morgan fingerprint density at radius 1 is 1.50 bits per heavy atom. The van der Waals surface area contributed by atoms with Gasteiger partial charge in [-0.05, 0) is 25.7 Å². The summed E-state index contributed by atoms with van der Waals surface area (Å²) in [5, 5.41) is 0. The highest BCUT2D eigenvalue weighted by molar-refractivity contribution is 5.78. The van der Waals surface area contributed by atoms with E-state index in [-0.39, 0.29) is 0 Å². The van der Waals surface area contributed by atoms with Crippen molar-refractivity contribution < 1.29 is 4.79 Å². The van der Waals surface area contributed by atoms with Crippen LogP contribution < -0.4 is 0 Å². The van der Waals surface area contributed by atoms with Gasteiger partial charge in [-0.1, -0.05) is 27.2 Å². The Labute approximate surface area is 87.7 Å². The molecule has 0 bridgehead atoms. The number of likely N-dealkylation sites (tertiary alicyclic amines) is 1. The molecule has 2 nitrogen and oxygen atoms in total. The molecule has 1 amide bonds. The van der Waals surface area contributed by atoms with Gasteiger partial charge in [-0.3, -0.25) is 4.79 Å². The van der Waals surface area contributed by atoms with E-state index < -0.39 is 0 Å². The van der Waals surface area contributed by atoms with Gasteiger partial charge >= 0.3 is 0 Å². The fraction of sp³-hybridized carbons (Fsp3) is 0.917. The standard InChI is InChI=1S/C12H23NO/c1-5-9(3)7-12(14)13-10(4)8-11(13)6-2/h9-11H,5-8H2,1-4H3. The van der Waals surface area contributed by atoms with E-state index in [2.05, 4.69) is 32.6 Å². The van der Waals surface area contributed by atoms with Crippen molar-refractivity contribution in [1.29, 1.82) is 0 Å². The Hall–Kier alpha value is -0.530. The van der Waals surface area contributed by atoms with E-state index in [9.17, 15) is 4.79 Å². The molecule has 0 N–H and O–H groups in total. The van der Waals surface area contributed by atoms with Gasteiger partial charge in [0, 0.05) is 18.5 Å². The molecule has 2 heteroatoms. The number of rotatable bonds is 4. The van der Waals surface area contributed by atoms with Gasteiger partial charge in [-0.25, -0.2) is 0 Å². The molecule has 1 aliphatic heterocycles. The van der Waals surface area contributed by atoms with Crippen molar-refractivity contribution in [2.24, 2.45) is 5.92 Å². The number of hydrogen-bond acceptors (Lipinski definition) is 1. The van der Waals surface area contributed by atoms with Crippen molar-refractivity contribution >= 4 is 5.91 Å². The quantitative estimate of drug-likeness (QED) is 0.678. The highest BCUT2D eigenvalue weighted by Crippen LogP contribution is 2.29. The molecule has 0 aromatic rings. The number of nitrogens with zero attached hydrogens (tertiary/aromatic N) is 1. The number of carbonyl (C=O) groups excluding carboxylic acids is 1. The molecule has 1 aliphatic rings. The lowest BCUT2D eigenvalue weighted by Crippen LogP contribution is -2.57. The maximum absolute atomic E-state index is 11.9. The third-order valence-electron chi connectivity index (χ3n) is 3.46. The second-order valence-electron chi connectivity index (χ2n) is 4.67. The first-order valence-electron chi connectivity index (χ1n) is 5.91. The van der Waals surface area contributed by atoms with Gasteiger partial charge in [0.05, 0.1) is 0 Å². The zero-order valence-electron chi connectivity index (χ0n) is 9.92. The molecule has 1 saturated heterocycles. The van der Waals surface area contributed by atoms with Crippen LogP contribution in [0, 0.1) is 5.92 Å². The first-order chi connectivity index (χ1) is 6.60. The van der Waals surface area contributed by atoms with Crippen molar-refractivity contribution in [3.05, 3.63) is 0 Å². The van der Waals surface area contributed by atoms with Crippen molar-refractivity contribution in [2.75, 3.05) is 0 Å². The van der Waals surface area contributed by atoms with E-state index in [0.29, 0.717) is 23.9 Å². The zero-order valence-corrected chi connectivity index (χ0v) is 9.92. The zero-order chi connectivity index (χ0) is 10.7. The molecule has 0 saturated carbocycles. The lowest BCUT2D eigenvalue weighted by atomic mass is 9.90. The molecule has 0 aromatic carbocycles. The third-order valence-corrected chi connectivity index (χ3v) is 3.46. The lowest BCUT2D eigenvalue weighted by Gasteiger charge is -2.47. The Morgan fingerprint density at radius 3 is 2.57 bits per heavy atom. The average Bonchev–Trinajstić information content (AvgIpc) is 2.13. The van der Waals surface area contributed by atoms with Gasteiger partial charge in [-0.15, -0.1) is 0 Å². The summed E-state index contributed by atoms with van der Waals surface area (Å²) in [5.41, 5.74) is 0. The molecule has 1 rings (SSSR count). The Kier molecular flexibility index (Phi) is 3.97. The van der Waals surface area contributed by atoms with E-state index >= 15 is 0 Å². The second-order valence-corrected chi connectivity index (χ2v) is 4.67. The van der Waals surface area contributed by atoms with Crippen LogP contribution in [0.3, 0.4) is 0 Å². The summed E-state index contributed by atoms with van der Waals surface area (Å²) in [7, 11) is 0. The van der Waals surface area contributed by atoms with E-state index in [4.69, 9.17) is 0 Å². The molecule has 3 atom stereocenters. The fourth-order valence-corrected chi connectivity index (χ4v) is 2.20. The smallest absolute Gasteiger partial charge is 0.223 e. The Morgan fingerprint density at radius 2 is 2.14 bits per heavy atom. The van der Waals surface area contributed by atoms with Gasteiger partial charge in [0.2, 0.25) is 5.91 Å². The predicted molar refractivity (Wildman–Crippen MR) is 59.1 cm³/mol. The molecule has 3 unspecified atom stereocenters. The van der Waals surface area contributed by atoms with E-state index in [1.54, 1.807) is 0 Å². The number of amides is 1. The summed E-state index contributed by atoms with van der Waals surface area (Å²) < 4.78 is 0. The molecule has 0 aromatic heterocycles. The van der Waals surface area contributed by atoms with Crippen LogP contribution in [0.15, 0.2) is 0 Å². The topological polar surface area (TPSA) is 20.3 Å². The average molecular weight is 197 g/mol. The normalized spacial score (nSPS) is 28.4. The molecule has 1 fully saturated rings. The molecule has 0 radical (unpaired) electrons. The van der Waals surface area contributed by atoms with E-state index in [0.717, 1.165) is 19.3 Å². The molecular weight excluding hydrogens is 174 g/mol. The molecule has 0 spiro atoms. The number of hydrogen-bond donors (Lipinski definition) is 0. The van der Waals surface area contributed by atoms with Crippen molar-refractivity contribution in [2.45, 2.75) is 65.5 Å². The molecular formula is C12H23NO. The predicted octanol–water partition coefficient (Wildman–Crippen LogP) is 2.82. The lowest BCUT2D eigenvalue weighted by molar-refractivity contribution is -0.145. The van der Waals surface area contributed by atoms with E-state index in [1.807, 2.05) is 0 Å². The van der Waals surface area contributed by atoms with Gasteiger partial charge in [-0.2, -0.15) is 0 Å². The van der Waals surface area contributed by atoms with Gasteiger partial charge in [0.15, 0.2) is 0 Å². The SMILES string of the molecule is CCC(C)CC(=O)N1C(C)CC1CC. The minimum Gasteiger partial charge on any atom is -0.337 e. The van der Waals surface area contributed by atoms with Crippen LogP contribution in [0.5, 0.6) is 0 Å². The second kappa shape index (κ2) is 4.81. The van der Waals surface area contributed by atoms with Crippen LogP contribution in [-0.4, -0.2) is 22.9 Å². The minimum absolute atomic E-state index is 0.366. The summed E-state index contributed by atoms with van der Waals surface area (Å²) >= 11 is 0. The van der Waals surface area contributed by atoms with Gasteiger partial charge in [0.1, 0.15) is 0 Å². The van der Waals surface area contributed by atoms with Crippen molar-refractivity contribution in [1.82, 2.24) is 4.90 Å². The van der Waals surface area contributed by atoms with Crippen molar-refractivity contribution in [3.63, 3.8) is 0 Å². The largest absolute Gasteiger partial charge is 0.337 e. The van der Waals surface area contributed by atoms with Gasteiger partial charge < -0.3 is 4.90 Å². The first-order valence-corrected chi connectivity index (χ1v) is 5.91. The number of carbonyl (C=O) groups is 1. The first kappa shape index (κ1) is 11.5. The fourth-order valence-electron chi connectivity index (χ4n) is 2.20. The van der Waals surface area contributed by atoms with Crippen LogP contribution in [0.2, 0.25) is 0 Å². The molecule has 14 heavy (non-hydrogen) atoms. The van der Waals surface area contributed by atoms with Gasteiger partial charge in [0.25, 0.3) is 0 Å². The summed E-state index contributed by atoms with van der Waals surface area (Å²) in [6.45, 7) is 8.62. The van der Waals surface area contributed by atoms with Crippen LogP contribution in [0.4, 0.5) is 0 Å². The molecule has 1 heterocycles. The summed E-state index contributed by atoms with van der Waals surface area (Å²) in [5.74, 6) is 0.901. The van der Waals surface area contributed by atoms with Crippen LogP contribution in [-0.2, 0) is 4.79 Å².